The van der Waals surface area contributed by atoms with E-state index in [2.05, 4.69) is 13.8 Å². The topological polar surface area (TPSA) is 346 Å². The van der Waals surface area contributed by atoms with E-state index in [0.717, 1.165) is 0 Å². The average Bonchev–Trinajstić information content (AvgIpc) is 3.22. The van der Waals surface area contributed by atoms with Crippen molar-refractivity contribution in [3.8, 4) is 0 Å². The highest BCUT2D eigenvalue weighted by atomic mass is 16.7. The van der Waals surface area contributed by atoms with Gasteiger partial charge in [-0.25, -0.2) is 0 Å². The summed E-state index contributed by atoms with van der Waals surface area (Å²) in [4.78, 5) is 0. The lowest BCUT2D eigenvalue weighted by Gasteiger charge is -2.47. The Balaban J connectivity index is 0.000000280. The molecule has 0 saturated carbocycles. The fourth-order valence-corrected chi connectivity index (χ4v) is 7.98. The summed E-state index contributed by atoms with van der Waals surface area (Å²) >= 11 is 0. The number of rotatable bonds is 13. The van der Waals surface area contributed by atoms with Crippen LogP contribution < -0.4 is 0 Å². The summed E-state index contributed by atoms with van der Waals surface area (Å²) in [6.07, 6.45) is -27.0. The summed E-state index contributed by atoms with van der Waals surface area (Å²) in [5.41, 5.74) is 0. The molecule has 22 heteroatoms. The van der Waals surface area contributed by atoms with Crippen molar-refractivity contribution < 1.29 is 109 Å². The van der Waals surface area contributed by atoms with Crippen LogP contribution in [0.2, 0.25) is 0 Å². The number of aliphatic hydroxyl groups excluding tert-OH is 13. The average molecular weight is 879 g/mol. The molecule has 354 valence electrons. The molecule has 5 fully saturated rings. The van der Waals surface area contributed by atoms with E-state index >= 15 is 0 Å². The Hall–Kier alpha value is -0.880. The van der Waals surface area contributed by atoms with Crippen LogP contribution in [-0.2, 0) is 42.6 Å². The van der Waals surface area contributed by atoms with Gasteiger partial charge in [-0.3, -0.25) is 0 Å². The number of ether oxygens (including phenoxy) is 9. The van der Waals surface area contributed by atoms with Gasteiger partial charge >= 0.3 is 0 Å². The largest absolute Gasteiger partial charge is 0.394 e. The van der Waals surface area contributed by atoms with Crippen LogP contribution in [0.1, 0.15) is 54.4 Å². The molecule has 0 bridgehead atoms. The molecule has 0 aromatic carbocycles. The van der Waals surface area contributed by atoms with Crippen molar-refractivity contribution in [2.45, 2.75) is 201 Å². The van der Waals surface area contributed by atoms with Gasteiger partial charge < -0.3 is 109 Å². The third-order valence-corrected chi connectivity index (χ3v) is 11.9. The van der Waals surface area contributed by atoms with Crippen LogP contribution in [0.3, 0.4) is 0 Å². The highest BCUT2D eigenvalue weighted by Crippen LogP contribution is 2.34. The molecule has 5 aliphatic heterocycles. The van der Waals surface area contributed by atoms with Crippen LogP contribution in [0.15, 0.2) is 0 Å². The molecule has 13 N–H and O–H groups in total. The van der Waals surface area contributed by atoms with Crippen LogP contribution in [0, 0.1) is 11.8 Å². The molecule has 0 aliphatic carbocycles. The Labute approximate surface area is 349 Å². The standard InChI is InChI=1S/C23H42O12.C15H28O10/c1-6-11-15(24)17(26)19(28)22(33-11)31-8-14-16(25)18(27)20(29)23(34-14)35-21-10(4)32-12(9(2)3)7-13(21)30-5;1-5(2)13-14(11(21)9(19)6(3-16)23-13)25-15-12(22)10(20)8(18)7(4-17)24-15/h9-29H,6-8H2,1-5H3;5-22H,3-4H2,1-2H3/t10?,11-,12?,13?,14-,15-,16-,17+,18+,19-,20-,21?,22-,23+;6-,7-,8-,9-,10+,11+,12-,13+,14-,15?/m11/s1. The summed E-state index contributed by atoms with van der Waals surface area (Å²) < 4.78 is 51.0. The Morgan fingerprint density at radius 2 is 0.967 bits per heavy atom. The molecule has 0 aromatic rings. The smallest absolute Gasteiger partial charge is 0.187 e. The van der Waals surface area contributed by atoms with Gasteiger partial charge in [-0.1, -0.05) is 34.6 Å². The predicted octanol–water partition coefficient (Wildman–Crippen LogP) is -5.43. The minimum absolute atomic E-state index is 0.0247. The highest BCUT2D eigenvalue weighted by Gasteiger charge is 2.52. The summed E-state index contributed by atoms with van der Waals surface area (Å²) in [6, 6.07) is 0. The van der Waals surface area contributed by atoms with Gasteiger partial charge in [0.15, 0.2) is 18.9 Å². The summed E-state index contributed by atoms with van der Waals surface area (Å²) in [5, 5.41) is 130. The number of hydrogen-bond acceptors (Lipinski definition) is 22. The number of hydrogen-bond donors (Lipinski definition) is 13. The van der Waals surface area contributed by atoms with Gasteiger partial charge in [0.1, 0.15) is 97.7 Å². The van der Waals surface area contributed by atoms with Crippen molar-refractivity contribution in [2.75, 3.05) is 26.9 Å². The van der Waals surface area contributed by atoms with E-state index in [4.69, 9.17) is 42.6 Å². The van der Waals surface area contributed by atoms with Crippen molar-refractivity contribution in [3.63, 3.8) is 0 Å². The third-order valence-electron chi connectivity index (χ3n) is 11.9. The van der Waals surface area contributed by atoms with Crippen LogP contribution in [0.5, 0.6) is 0 Å². The monoisotopic (exact) mass is 878 g/mol. The quantitative estimate of drug-likeness (QED) is 0.0821. The Bertz CT molecular complexity index is 1250. The molecule has 0 aromatic heterocycles. The highest BCUT2D eigenvalue weighted by molar-refractivity contribution is 4.97. The zero-order valence-corrected chi connectivity index (χ0v) is 35.0. The molecular formula is C38H70O22. The SMILES string of the molecule is CC(C)[C@@H]1O[C@H](CO)[C@@H](O)[C@H](O)[C@H]1OC1O[C@H](CO)[C@@H](O)[C@H](O)[C@H]1O.CC[C@H]1O[C@@H](OC[C@H]2O[C@@H](OC3C(C)OC(C(C)C)CC3OC)[C@H](O)[C@@H](O)[C@@H]2O)[C@H](O)[C@@H](O)[C@@H]1O. The second-order valence-electron chi connectivity index (χ2n) is 16.9. The fraction of sp³-hybridized carbons (Fsp3) is 1.00. The zero-order chi connectivity index (χ0) is 44.9. The molecule has 0 amide bonds. The van der Waals surface area contributed by atoms with Crippen molar-refractivity contribution in [1.29, 1.82) is 0 Å². The van der Waals surface area contributed by atoms with E-state index in [-0.39, 0.29) is 36.8 Å². The van der Waals surface area contributed by atoms with Crippen molar-refractivity contribution in [3.05, 3.63) is 0 Å². The van der Waals surface area contributed by atoms with E-state index < -0.39 is 142 Å². The number of aliphatic hydroxyl groups is 13. The van der Waals surface area contributed by atoms with E-state index in [0.29, 0.717) is 12.8 Å². The van der Waals surface area contributed by atoms with Gasteiger partial charge in [-0.15, -0.1) is 0 Å². The summed E-state index contributed by atoms with van der Waals surface area (Å²) in [7, 11) is 1.56. The molecule has 5 unspecified atom stereocenters. The molecular weight excluding hydrogens is 808 g/mol. The van der Waals surface area contributed by atoms with Crippen LogP contribution in [0.25, 0.3) is 0 Å². The first-order chi connectivity index (χ1) is 28.2. The fourth-order valence-electron chi connectivity index (χ4n) is 7.98. The minimum atomic E-state index is -1.63. The Morgan fingerprint density at radius 1 is 0.517 bits per heavy atom. The Kier molecular flexibility index (Phi) is 19.7. The third kappa shape index (κ3) is 11.7. The van der Waals surface area contributed by atoms with Gasteiger partial charge in [0.25, 0.3) is 0 Å². The van der Waals surface area contributed by atoms with Gasteiger partial charge in [0.05, 0.1) is 50.3 Å². The molecule has 5 aliphatic rings. The van der Waals surface area contributed by atoms with Crippen LogP contribution >= 0.6 is 0 Å². The van der Waals surface area contributed by atoms with Gasteiger partial charge in [0, 0.05) is 13.5 Å². The summed E-state index contributed by atoms with van der Waals surface area (Å²) in [6.45, 7) is 9.79. The van der Waals surface area contributed by atoms with E-state index in [9.17, 15) is 66.4 Å². The second kappa shape index (κ2) is 22.8. The minimum Gasteiger partial charge on any atom is -0.394 e. The lowest BCUT2D eigenvalue weighted by Crippen LogP contribution is -2.65. The first kappa shape index (κ1) is 51.8. The number of methoxy groups -OCH3 is 1. The van der Waals surface area contributed by atoms with Gasteiger partial charge in [0.2, 0.25) is 0 Å². The Morgan fingerprint density at radius 3 is 1.47 bits per heavy atom. The van der Waals surface area contributed by atoms with Gasteiger partial charge in [-0.05, 0) is 25.2 Å². The molecule has 22 nitrogen and oxygen atoms in total. The van der Waals surface area contributed by atoms with E-state index in [1.165, 1.54) is 0 Å². The van der Waals surface area contributed by atoms with E-state index in [1.807, 2.05) is 6.92 Å². The summed E-state index contributed by atoms with van der Waals surface area (Å²) in [5.74, 6) is 0.0986. The molecule has 5 saturated heterocycles. The molecule has 0 radical (unpaired) electrons. The lowest BCUT2D eigenvalue weighted by molar-refractivity contribution is -0.347. The molecule has 5 heterocycles. The maximum atomic E-state index is 10.5. The van der Waals surface area contributed by atoms with Crippen LogP contribution in [0.4, 0.5) is 0 Å². The molecule has 5 rings (SSSR count). The molecule has 0 spiro atoms. The predicted molar refractivity (Wildman–Crippen MR) is 200 cm³/mol. The maximum absolute atomic E-state index is 10.5. The van der Waals surface area contributed by atoms with E-state index in [1.54, 1.807) is 27.9 Å². The maximum Gasteiger partial charge on any atom is 0.187 e. The van der Waals surface area contributed by atoms with Gasteiger partial charge in [-0.2, -0.15) is 0 Å². The lowest BCUT2D eigenvalue weighted by atomic mass is 9.89. The van der Waals surface area contributed by atoms with Crippen molar-refractivity contribution >= 4 is 0 Å². The second-order valence-corrected chi connectivity index (χ2v) is 16.9. The normalized spacial score (nSPS) is 49.1. The molecule has 60 heavy (non-hydrogen) atoms. The van der Waals surface area contributed by atoms with Crippen molar-refractivity contribution in [2.24, 2.45) is 11.8 Å². The first-order valence-corrected chi connectivity index (χ1v) is 20.7. The van der Waals surface area contributed by atoms with Crippen LogP contribution in [-0.4, -0.2) is 240 Å². The van der Waals surface area contributed by atoms with Crippen molar-refractivity contribution in [1.82, 2.24) is 0 Å². The molecule has 24 atom stereocenters. The zero-order valence-electron chi connectivity index (χ0n) is 35.0. The first-order valence-electron chi connectivity index (χ1n) is 20.7.